The number of ether oxygens (including phenoxy) is 3. The third-order valence-electron chi connectivity index (χ3n) is 9.12. The summed E-state index contributed by atoms with van der Waals surface area (Å²) < 4.78 is 14.6. The van der Waals surface area contributed by atoms with Gasteiger partial charge in [-0.3, -0.25) is 9.59 Å². The van der Waals surface area contributed by atoms with E-state index >= 15 is 0 Å². The highest BCUT2D eigenvalue weighted by atomic mass is 16.6. The van der Waals surface area contributed by atoms with Crippen LogP contribution in [0.1, 0.15) is 149 Å². The van der Waals surface area contributed by atoms with Gasteiger partial charge in [0, 0.05) is 17.8 Å². The van der Waals surface area contributed by atoms with E-state index in [1.54, 1.807) is 19.1 Å². The van der Waals surface area contributed by atoms with Gasteiger partial charge in [-0.15, -0.1) is 0 Å². The number of rotatable bonds is 31. The van der Waals surface area contributed by atoms with Crippen LogP contribution in [0.4, 0.5) is 0 Å². The Bertz CT molecular complexity index is 1270. The number of hydrogen-bond acceptors (Lipinski definition) is 10. The number of aliphatic hydroxyl groups excluding tert-OH is 2. The van der Waals surface area contributed by atoms with Crippen LogP contribution in [0.15, 0.2) is 83.6 Å². The summed E-state index contributed by atoms with van der Waals surface area (Å²) in [5.74, 6) is -4.67. The van der Waals surface area contributed by atoms with E-state index < -0.39 is 18.4 Å². The molecule has 0 atom stereocenters. The van der Waals surface area contributed by atoms with E-state index in [0.29, 0.717) is 17.6 Å². The fourth-order valence-corrected chi connectivity index (χ4v) is 5.76. The van der Waals surface area contributed by atoms with Gasteiger partial charge in [0.15, 0.2) is 0 Å². The van der Waals surface area contributed by atoms with Gasteiger partial charge >= 0.3 is 5.97 Å². The summed E-state index contributed by atoms with van der Waals surface area (Å²) in [5.41, 5.74) is 1.03. The van der Waals surface area contributed by atoms with Crippen LogP contribution in [0.3, 0.4) is 0 Å². The van der Waals surface area contributed by atoms with E-state index in [1.165, 1.54) is 110 Å². The molecule has 1 aliphatic carbocycles. The Balaban J connectivity index is 0.00000109. The summed E-state index contributed by atoms with van der Waals surface area (Å²) in [7, 11) is 2.76. The first-order valence-electron chi connectivity index (χ1n) is 20.4. The van der Waals surface area contributed by atoms with Gasteiger partial charge in [-0.2, -0.15) is 0 Å². The molecule has 0 amide bonds. The molecule has 0 aromatic rings. The Morgan fingerprint density at radius 1 is 0.600 bits per heavy atom. The normalized spacial score (nSPS) is 14.0. The van der Waals surface area contributed by atoms with Gasteiger partial charge in [0.1, 0.15) is 6.61 Å². The molecule has 10 heteroatoms. The van der Waals surface area contributed by atoms with Crippen molar-refractivity contribution in [3.8, 4) is 0 Å². The minimum atomic E-state index is -2.88. The molecular formula is C45H72O10. The number of methoxy groups -OCH3 is 2. The molecule has 0 fully saturated rings. The molecule has 1 aliphatic rings. The Hall–Kier alpha value is -3.57. The number of carbonyl (C=O) groups excluding carboxylic acids is 3. The third-order valence-corrected chi connectivity index (χ3v) is 9.12. The number of allylic oxidation sites excluding steroid dienone is 11. The zero-order valence-corrected chi connectivity index (χ0v) is 34.3. The van der Waals surface area contributed by atoms with Gasteiger partial charge in [0.25, 0.3) is 5.79 Å². The predicted octanol–water partition coefficient (Wildman–Crippen LogP) is 9.10. The van der Waals surface area contributed by atoms with E-state index in [0.717, 1.165) is 44.8 Å². The van der Waals surface area contributed by atoms with Crippen LogP contribution in [-0.4, -0.2) is 71.2 Å². The average molecular weight is 773 g/mol. The fraction of sp³-hybridized carbons (Fsp3) is 0.622. The lowest BCUT2D eigenvalue weighted by Crippen LogP contribution is -2.42. The zero-order chi connectivity index (χ0) is 41.0. The van der Waals surface area contributed by atoms with Crippen molar-refractivity contribution in [3.63, 3.8) is 0 Å². The highest BCUT2D eigenvalue weighted by Crippen LogP contribution is 2.29. The van der Waals surface area contributed by atoms with Crippen molar-refractivity contribution in [1.82, 2.24) is 0 Å². The number of Topliss-reactive ketones (excluding diaryl/α,β-unsaturated/α-hetero) is 2. The summed E-state index contributed by atoms with van der Waals surface area (Å²) in [4.78, 5) is 35.8. The van der Waals surface area contributed by atoms with Crippen LogP contribution >= 0.6 is 0 Å². The van der Waals surface area contributed by atoms with Gasteiger partial charge in [0.2, 0.25) is 23.1 Å². The average Bonchev–Trinajstić information content (AvgIpc) is 3.18. The molecule has 10 nitrogen and oxygen atoms in total. The van der Waals surface area contributed by atoms with Crippen molar-refractivity contribution in [2.45, 2.75) is 154 Å². The first kappa shape index (κ1) is 51.4. The number of aliphatic hydroxyl groups is 4. The number of carbonyl (C=O) groups is 3. The topological polar surface area (TPSA) is 160 Å². The predicted molar refractivity (Wildman–Crippen MR) is 220 cm³/mol. The lowest BCUT2D eigenvalue weighted by molar-refractivity contribution is -0.215. The number of ketones is 2. The van der Waals surface area contributed by atoms with Crippen LogP contribution < -0.4 is 0 Å². The highest BCUT2D eigenvalue weighted by Gasteiger charge is 2.35. The maximum absolute atomic E-state index is 12.5. The van der Waals surface area contributed by atoms with Crippen molar-refractivity contribution in [1.29, 1.82) is 0 Å². The third kappa shape index (κ3) is 25.3. The first-order valence-corrected chi connectivity index (χ1v) is 20.4. The summed E-state index contributed by atoms with van der Waals surface area (Å²) in [6.07, 6.45) is 43.0. The smallest absolute Gasteiger partial charge is 0.373 e. The summed E-state index contributed by atoms with van der Waals surface area (Å²) in [6, 6.07) is 0. The molecular weight excluding hydrogens is 700 g/mol. The zero-order valence-electron chi connectivity index (χ0n) is 34.3. The largest absolute Gasteiger partial charge is 0.489 e. The number of hydrogen-bond donors (Lipinski definition) is 4. The van der Waals surface area contributed by atoms with Crippen molar-refractivity contribution >= 4 is 17.5 Å². The second-order valence-corrected chi connectivity index (χ2v) is 13.7. The monoisotopic (exact) mass is 773 g/mol. The van der Waals surface area contributed by atoms with E-state index in [4.69, 9.17) is 29.9 Å². The van der Waals surface area contributed by atoms with Crippen LogP contribution in [0, 0.1) is 0 Å². The number of esters is 1. The molecule has 1 rings (SSSR count). The van der Waals surface area contributed by atoms with Crippen LogP contribution in [0.2, 0.25) is 0 Å². The van der Waals surface area contributed by atoms with Gasteiger partial charge in [-0.1, -0.05) is 158 Å². The van der Waals surface area contributed by atoms with Crippen molar-refractivity contribution in [3.05, 3.63) is 83.6 Å². The number of unbranched alkanes of at least 4 members (excludes halogenated alkanes) is 18. The lowest BCUT2D eigenvalue weighted by Gasteiger charge is -2.20. The lowest BCUT2D eigenvalue weighted by atomic mass is 9.89. The second-order valence-electron chi connectivity index (χ2n) is 13.7. The quantitative estimate of drug-likeness (QED) is 0.0134. The van der Waals surface area contributed by atoms with Gasteiger partial charge in [-0.05, 0) is 45.1 Å². The van der Waals surface area contributed by atoms with E-state index in [-0.39, 0.29) is 29.7 Å². The SMILES string of the molecule is CCCCCCCCCCCCC/C=C/C=C/C=C/C=C/C=C/OC(=O)C(O)(O)CO.COC1=C(OC)C(=O)C(CCCCCCCCCCO)=C(C)C1=O. The van der Waals surface area contributed by atoms with Crippen molar-refractivity contribution < 1.29 is 49.0 Å². The molecule has 0 saturated carbocycles. The molecule has 55 heavy (non-hydrogen) atoms. The molecule has 0 unspecified atom stereocenters. The Kier molecular flexibility index (Phi) is 32.6. The highest BCUT2D eigenvalue weighted by molar-refractivity contribution is 6.23. The Labute approximate surface area is 331 Å². The molecule has 0 aliphatic heterocycles. The first-order chi connectivity index (χ1) is 26.6. The standard InChI is InChI=1S/C26H42O5.C19H30O5/c1-2-3-4-5-6-7-8-9-10-11-12-13-14-15-16-17-18-19-20-21-22-23-31-25(28)26(29,30)24-27;1-14-15(12-10-8-6-4-5-7-9-11-13-20)17(22)19(24-3)18(23-2)16(14)21/h14-23,27,29-30H,2-13,24H2,1H3;20H,4-13H2,1-3H3/b15-14+,17-16+,19-18+,21-20+,23-22+;. The molecule has 0 radical (unpaired) electrons. The van der Waals surface area contributed by atoms with E-state index in [9.17, 15) is 14.4 Å². The molecule has 0 bridgehead atoms. The maximum Gasteiger partial charge on any atom is 0.373 e. The molecule has 0 saturated heterocycles. The minimum Gasteiger partial charge on any atom is -0.489 e. The maximum atomic E-state index is 12.5. The fourth-order valence-electron chi connectivity index (χ4n) is 5.76. The Morgan fingerprint density at radius 2 is 1.04 bits per heavy atom. The van der Waals surface area contributed by atoms with Crippen LogP contribution in [0.5, 0.6) is 0 Å². The molecule has 0 spiro atoms. The second kappa shape index (κ2) is 34.9. The minimum absolute atomic E-state index is 0.00614. The van der Waals surface area contributed by atoms with Crippen molar-refractivity contribution in [2.75, 3.05) is 27.4 Å². The van der Waals surface area contributed by atoms with E-state index in [1.807, 2.05) is 24.3 Å². The van der Waals surface area contributed by atoms with Crippen LogP contribution in [-0.2, 0) is 28.6 Å². The van der Waals surface area contributed by atoms with Crippen molar-refractivity contribution in [2.24, 2.45) is 0 Å². The Morgan fingerprint density at radius 3 is 1.53 bits per heavy atom. The molecule has 0 heterocycles. The molecule has 0 aromatic carbocycles. The van der Waals surface area contributed by atoms with Gasteiger partial charge < -0.3 is 34.6 Å². The summed E-state index contributed by atoms with van der Waals surface area (Å²) in [6.45, 7) is 3.10. The van der Waals surface area contributed by atoms with Gasteiger partial charge in [0.05, 0.1) is 20.5 Å². The van der Waals surface area contributed by atoms with E-state index in [2.05, 4.69) is 23.8 Å². The molecule has 312 valence electrons. The molecule has 4 N–H and O–H groups in total. The van der Waals surface area contributed by atoms with Crippen LogP contribution in [0.25, 0.3) is 0 Å². The summed E-state index contributed by atoms with van der Waals surface area (Å²) in [5, 5.41) is 35.3. The summed E-state index contributed by atoms with van der Waals surface area (Å²) >= 11 is 0. The van der Waals surface area contributed by atoms with Gasteiger partial charge in [-0.25, -0.2) is 4.79 Å². The molecule has 0 aromatic heterocycles.